The average molecular weight is 475 g/mol. The van der Waals surface area contributed by atoms with Crippen LogP contribution in [0.15, 0.2) is 48.5 Å². The Balaban J connectivity index is 2.06. The van der Waals surface area contributed by atoms with E-state index in [1.54, 1.807) is 49.4 Å². The van der Waals surface area contributed by atoms with Crippen molar-refractivity contribution in [3.63, 3.8) is 0 Å². The number of anilines is 1. The highest BCUT2D eigenvalue weighted by atomic mass is 35.6. The number of amides is 1. The number of hydrogen-bond acceptors (Lipinski definition) is 4. The molecule has 0 fully saturated rings. The monoisotopic (exact) mass is 473 g/mol. The van der Waals surface area contributed by atoms with Gasteiger partial charge >= 0.3 is 5.97 Å². The maximum Gasteiger partial charge on any atom is 0.337 e. The molecular formula is C19H18Cl3N3O3S. The quantitative estimate of drug-likeness (QED) is 0.261. The molecule has 0 aliphatic rings. The molecule has 0 spiro atoms. The van der Waals surface area contributed by atoms with Gasteiger partial charge in [0.05, 0.1) is 12.7 Å². The van der Waals surface area contributed by atoms with Gasteiger partial charge < -0.3 is 20.7 Å². The van der Waals surface area contributed by atoms with E-state index >= 15 is 0 Å². The van der Waals surface area contributed by atoms with Crippen LogP contribution in [-0.4, -0.2) is 34.1 Å². The SMILES string of the molecule is COC(=O)c1ccc(NC(=S)N[C@H](NC(=O)c2ccccc2C)C(Cl)(Cl)Cl)cc1. The van der Waals surface area contributed by atoms with Crippen molar-refractivity contribution in [2.24, 2.45) is 0 Å². The molecule has 1 atom stereocenters. The number of aryl methyl sites for hydroxylation is 1. The Morgan fingerprint density at radius 1 is 1.03 bits per heavy atom. The molecule has 3 N–H and O–H groups in total. The highest BCUT2D eigenvalue weighted by molar-refractivity contribution is 7.80. The van der Waals surface area contributed by atoms with Gasteiger partial charge in [0.15, 0.2) is 5.11 Å². The molecule has 2 aromatic carbocycles. The molecular weight excluding hydrogens is 457 g/mol. The summed E-state index contributed by atoms with van der Waals surface area (Å²) in [4.78, 5) is 24.0. The van der Waals surface area contributed by atoms with Gasteiger partial charge in [0.2, 0.25) is 3.79 Å². The van der Waals surface area contributed by atoms with Crippen LogP contribution in [-0.2, 0) is 4.74 Å². The molecule has 2 rings (SSSR count). The third-order valence-electron chi connectivity index (χ3n) is 3.83. The number of rotatable bonds is 5. The Morgan fingerprint density at radius 3 is 2.21 bits per heavy atom. The van der Waals surface area contributed by atoms with Crippen LogP contribution >= 0.6 is 47.0 Å². The maximum atomic E-state index is 12.6. The summed E-state index contributed by atoms with van der Waals surface area (Å²) in [5.74, 6) is -0.871. The molecule has 0 aromatic heterocycles. The smallest absolute Gasteiger partial charge is 0.337 e. The molecule has 0 radical (unpaired) electrons. The van der Waals surface area contributed by atoms with Gasteiger partial charge in [-0.15, -0.1) is 0 Å². The minimum absolute atomic E-state index is 0.109. The summed E-state index contributed by atoms with van der Waals surface area (Å²) in [5.41, 5.74) is 2.20. The Morgan fingerprint density at radius 2 is 1.66 bits per heavy atom. The minimum Gasteiger partial charge on any atom is -0.465 e. The second-order valence-electron chi connectivity index (χ2n) is 5.93. The number of esters is 1. The van der Waals surface area contributed by atoms with E-state index in [4.69, 9.17) is 47.0 Å². The molecule has 0 saturated carbocycles. The van der Waals surface area contributed by atoms with Crippen molar-refractivity contribution in [2.45, 2.75) is 16.9 Å². The third kappa shape index (κ3) is 6.75. The highest BCUT2D eigenvalue weighted by Gasteiger charge is 2.35. The van der Waals surface area contributed by atoms with Gasteiger partial charge in [-0.05, 0) is 55.0 Å². The maximum absolute atomic E-state index is 12.6. The van der Waals surface area contributed by atoms with E-state index < -0.39 is 21.8 Å². The fraction of sp³-hybridized carbons (Fsp3) is 0.211. The van der Waals surface area contributed by atoms with Gasteiger partial charge in [0.25, 0.3) is 5.91 Å². The largest absolute Gasteiger partial charge is 0.465 e. The van der Waals surface area contributed by atoms with Gasteiger partial charge in [0, 0.05) is 11.3 Å². The van der Waals surface area contributed by atoms with Crippen molar-refractivity contribution in [3.8, 4) is 0 Å². The number of hydrogen-bond donors (Lipinski definition) is 3. The van der Waals surface area contributed by atoms with Crippen molar-refractivity contribution in [3.05, 3.63) is 65.2 Å². The third-order valence-corrected chi connectivity index (χ3v) is 4.71. The number of nitrogens with one attached hydrogen (secondary N) is 3. The van der Waals surface area contributed by atoms with E-state index in [0.717, 1.165) is 5.56 Å². The zero-order valence-corrected chi connectivity index (χ0v) is 18.5. The summed E-state index contributed by atoms with van der Waals surface area (Å²) >= 11 is 23.3. The van der Waals surface area contributed by atoms with Crippen LogP contribution in [0.4, 0.5) is 5.69 Å². The van der Waals surface area contributed by atoms with E-state index in [9.17, 15) is 9.59 Å². The van der Waals surface area contributed by atoms with Crippen LogP contribution in [0.2, 0.25) is 0 Å². The summed E-state index contributed by atoms with van der Waals surface area (Å²) in [6.45, 7) is 1.80. The average Bonchev–Trinajstić information content (AvgIpc) is 2.67. The van der Waals surface area contributed by atoms with Crippen molar-refractivity contribution in [1.29, 1.82) is 0 Å². The molecule has 0 aliphatic carbocycles. The predicted octanol–water partition coefficient (Wildman–Crippen LogP) is 4.19. The van der Waals surface area contributed by atoms with Gasteiger partial charge in [-0.25, -0.2) is 4.79 Å². The molecule has 154 valence electrons. The van der Waals surface area contributed by atoms with E-state index in [1.165, 1.54) is 7.11 Å². The number of thiocarbonyl (C=S) groups is 1. The van der Waals surface area contributed by atoms with Gasteiger partial charge in [-0.3, -0.25) is 4.79 Å². The highest BCUT2D eigenvalue weighted by Crippen LogP contribution is 2.29. The van der Waals surface area contributed by atoms with E-state index in [-0.39, 0.29) is 5.11 Å². The van der Waals surface area contributed by atoms with Crippen LogP contribution in [0, 0.1) is 6.92 Å². The predicted molar refractivity (Wildman–Crippen MR) is 120 cm³/mol. The first-order chi connectivity index (χ1) is 13.6. The molecule has 0 unspecified atom stereocenters. The molecule has 0 bridgehead atoms. The number of halogens is 3. The number of methoxy groups -OCH3 is 1. The minimum atomic E-state index is -1.88. The summed E-state index contributed by atoms with van der Waals surface area (Å²) in [6.07, 6.45) is -1.10. The second kappa shape index (κ2) is 10.1. The van der Waals surface area contributed by atoms with Crippen LogP contribution in [0.5, 0.6) is 0 Å². The molecule has 6 nitrogen and oxygen atoms in total. The lowest BCUT2D eigenvalue weighted by Gasteiger charge is -2.28. The van der Waals surface area contributed by atoms with Crippen molar-refractivity contribution in [1.82, 2.24) is 10.6 Å². The summed E-state index contributed by atoms with van der Waals surface area (Å²) in [6, 6.07) is 13.4. The van der Waals surface area contributed by atoms with Gasteiger partial charge in [-0.2, -0.15) is 0 Å². The number of benzene rings is 2. The fourth-order valence-corrected chi connectivity index (χ4v) is 2.91. The van der Waals surface area contributed by atoms with Gasteiger partial charge in [-0.1, -0.05) is 53.0 Å². The van der Waals surface area contributed by atoms with Gasteiger partial charge in [0.1, 0.15) is 6.17 Å². The van der Waals surface area contributed by atoms with Crippen LogP contribution < -0.4 is 16.0 Å². The van der Waals surface area contributed by atoms with Crippen LogP contribution in [0.25, 0.3) is 0 Å². The first-order valence-corrected chi connectivity index (χ1v) is 9.85. The first-order valence-electron chi connectivity index (χ1n) is 8.31. The lowest BCUT2D eigenvalue weighted by atomic mass is 10.1. The zero-order chi connectivity index (χ0) is 21.6. The standard InChI is InChI=1S/C19H18Cl3N3O3S/c1-11-5-3-4-6-14(11)15(26)24-17(19(20,21)22)25-18(29)23-13-9-7-12(8-10-13)16(27)28-2/h3-10,17H,1-2H3,(H,24,26)(H2,23,25,29)/t17-/m0/s1. The number of alkyl halides is 3. The van der Waals surface area contributed by atoms with Crippen LogP contribution in [0.1, 0.15) is 26.3 Å². The second-order valence-corrected chi connectivity index (χ2v) is 8.71. The lowest BCUT2D eigenvalue weighted by molar-refractivity contribution is 0.0600. The van der Waals surface area contributed by atoms with Crippen molar-refractivity contribution < 1.29 is 14.3 Å². The summed E-state index contributed by atoms with van der Waals surface area (Å²) in [5, 5.41) is 8.41. The Labute approximate surface area is 188 Å². The van der Waals surface area contributed by atoms with Crippen LogP contribution in [0.3, 0.4) is 0 Å². The van der Waals surface area contributed by atoms with Crippen molar-refractivity contribution >= 4 is 69.7 Å². The Hall–Kier alpha value is -2.06. The van der Waals surface area contributed by atoms with E-state index in [1.807, 2.05) is 6.07 Å². The molecule has 0 aliphatic heterocycles. The lowest BCUT2D eigenvalue weighted by Crippen LogP contribution is -2.56. The van der Waals surface area contributed by atoms with E-state index in [0.29, 0.717) is 16.8 Å². The van der Waals surface area contributed by atoms with Crippen molar-refractivity contribution in [2.75, 3.05) is 12.4 Å². The molecule has 1 amide bonds. The normalized spacial score (nSPS) is 11.9. The topological polar surface area (TPSA) is 79.5 Å². The van der Waals surface area contributed by atoms with E-state index in [2.05, 4.69) is 20.7 Å². The molecule has 29 heavy (non-hydrogen) atoms. The Kier molecular flexibility index (Phi) is 8.10. The number of carbonyl (C=O) groups is 2. The molecule has 0 heterocycles. The summed E-state index contributed by atoms with van der Waals surface area (Å²) in [7, 11) is 1.30. The number of ether oxygens (including phenoxy) is 1. The molecule has 0 saturated heterocycles. The fourth-order valence-electron chi connectivity index (χ4n) is 2.34. The molecule has 10 heteroatoms. The molecule has 2 aromatic rings. The Bertz CT molecular complexity index is 902. The zero-order valence-electron chi connectivity index (χ0n) is 15.5. The number of carbonyl (C=O) groups excluding carboxylic acids is 2. The summed E-state index contributed by atoms with van der Waals surface area (Å²) < 4.78 is 2.77. The first kappa shape index (κ1) is 23.2.